The van der Waals surface area contributed by atoms with E-state index in [4.69, 9.17) is 4.74 Å². The molecule has 2 heterocycles. The van der Waals surface area contributed by atoms with Crippen LogP contribution in [0.3, 0.4) is 0 Å². The number of ether oxygens (including phenoxy) is 1. The maximum absolute atomic E-state index is 12.7. The number of thiophene rings is 1. The Kier molecular flexibility index (Phi) is 5.34. The second kappa shape index (κ2) is 8.58. The summed E-state index contributed by atoms with van der Waals surface area (Å²) in [5, 5.41) is 1.92. The van der Waals surface area contributed by atoms with Crippen molar-refractivity contribution in [3.63, 3.8) is 0 Å². The molecule has 1 aliphatic rings. The smallest absolute Gasteiger partial charge is 0.195 e. The van der Waals surface area contributed by atoms with Crippen LogP contribution in [0.15, 0.2) is 120 Å². The highest BCUT2D eigenvalue weighted by Gasteiger charge is 2.30. The number of carbonyl (C=O) groups is 1. The van der Waals surface area contributed by atoms with E-state index >= 15 is 0 Å². The van der Waals surface area contributed by atoms with Crippen LogP contribution < -0.4 is 4.74 Å². The minimum atomic E-state index is -0.0336. The molecule has 3 heteroatoms. The molecule has 0 radical (unpaired) electrons. The van der Waals surface area contributed by atoms with Gasteiger partial charge in [0.15, 0.2) is 5.78 Å². The Morgan fingerprint density at radius 1 is 0.806 bits per heavy atom. The zero-order valence-corrected chi connectivity index (χ0v) is 17.6. The van der Waals surface area contributed by atoms with Gasteiger partial charge in [-0.1, -0.05) is 91.0 Å². The molecule has 1 aromatic heterocycles. The molecule has 0 aliphatic carbocycles. The van der Waals surface area contributed by atoms with Crippen molar-refractivity contribution in [1.29, 1.82) is 0 Å². The first-order chi connectivity index (χ1) is 15.3. The molecular formula is C28H20O2S. The molecule has 31 heavy (non-hydrogen) atoms. The van der Waals surface area contributed by atoms with Gasteiger partial charge in [0.1, 0.15) is 11.5 Å². The number of para-hydroxylation sites is 1. The fourth-order valence-electron chi connectivity index (χ4n) is 3.94. The molecule has 5 rings (SSSR count). The topological polar surface area (TPSA) is 26.3 Å². The predicted molar refractivity (Wildman–Crippen MR) is 127 cm³/mol. The molecule has 2 nitrogen and oxygen atoms in total. The monoisotopic (exact) mass is 420 g/mol. The Bertz CT molecular complexity index is 1250. The van der Waals surface area contributed by atoms with Crippen LogP contribution in [0.25, 0.3) is 5.76 Å². The molecule has 1 unspecified atom stereocenters. The molecule has 0 saturated heterocycles. The number of ketones is 1. The highest BCUT2D eigenvalue weighted by atomic mass is 32.1. The fourth-order valence-corrected chi connectivity index (χ4v) is 4.58. The Morgan fingerprint density at radius 3 is 2.26 bits per heavy atom. The average molecular weight is 421 g/mol. The van der Waals surface area contributed by atoms with E-state index in [1.165, 1.54) is 11.3 Å². The maximum atomic E-state index is 12.7. The van der Waals surface area contributed by atoms with E-state index in [2.05, 4.69) is 18.2 Å². The lowest BCUT2D eigenvalue weighted by Crippen LogP contribution is -2.15. The van der Waals surface area contributed by atoms with E-state index in [9.17, 15) is 4.79 Å². The zero-order valence-electron chi connectivity index (χ0n) is 16.8. The van der Waals surface area contributed by atoms with Crippen molar-refractivity contribution in [1.82, 2.24) is 0 Å². The van der Waals surface area contributed by atoms with Crippen LogP contribution in [0.2, 0.25) is 0 Å². The fraction of sp³-hybridized carbons (Fsp3) is 0.0357. The quantitative estimate of drug-likeness (QED) is 0.254. The van der Waals surface area contributed by atoms with Gasteiger partial charge in [-0.15, -0.1) is 11.3 Å². The van der Waals surface area contributed by atoms with Crippen LogP contribution in [-0.2, 0) is 0 Å². The molecule has 1 atom stereocenters. The van der Waals surface area contributed by atoms with Gasteiger partial charge in [-0.3, -0.25) is 4.79 Å². The summed E-state index contributed by atoms with van der Waals surface area (Å²) in [4.78, 5) is 13.5. The molecule has 150 valence electrons. The Hall–Kier alpha value is -3.69. The maximum Gasteiger partial charge on any atom is 0.195 e. The van der Waals surface area contributed by atoms with Gasteiger partial charge in [-0.25, -0.2) is 0 Å². The van der Waals surface area contributed by atoms with Crippen molar-refractivity contribution < 1.29 is 9.53 Å². The van der Waals surface area contributed by atoms with E-state index < -0.39 is 0 Å². The molecule has 4 aromatic rings. The standard InChI is InChI=1S/C28H20O2S/c29-24(26-16-9-19-31-26)18-17-23-27(20-10-3-1-4-11-20)22-14-7-8-15-25(22)30-28(23)21-12-5-2-6-13-21/h1-19,27H. The highest BCUT2D eigenvalue weighted by molar-refractivity contribution is 7.12. The normalized spacial score (nSPS) is 15.5. The van der Waals surface area contributed by atoms with Crippen molar-refractivity contribution in [2.75, 3.05) is 0 Å². The van der Waals surface area contributed by atoms with E-state index in [-0.39, 0.29) is 11.7 Å². The van der Waals surface area contributed by atoms with Crippen molar-refractivity contribution in [3.05, 3.63) is 142 Å². The van der Waals surface area contributed by atoms with Crippen molar-refractivity contribution in [2.24, 2.45) is 0 Å². The SMILES string of the molecule is O=C(C=CC1=C(c2ccccc2)Oc2ccccc2C1c1ccccc1)c1cccs1. The van der Waals surface area contributed by atoms with Gasteiger partial charge in [-0.2, -0.15) is 0 Å². The summed E-state index contributed by atoms with van der Waals surface area (Å²) in [5.74, 6) is 1.59. The van der Waals surface area contributed by atoms with Crippen LogP contribution in [0.5, 0.6) is 5.75 Å². The number of allylic oxidation sites excluding steroid dienone is 3. The Labute approximate surface area is 185 Å². The molecular weight excluding hydrogens is 400 g/mol. The van der Waals surface area contributed by atoms with Gasteiger partial charge >= 0.3 is 0 Å². The number of fused-ring (bicyclic) bond motifs is 1. The molecule has 0 fully saturated rings. The number of rotatable bonds is 5. The van der Waals surface area contributed by atoms with Crippen LogP contribution in [-0.4, -0.2) is 5.78 Å². The Morgan fingerprint density at radius 2 is 1.52 bits per heavy atom. The van der Waals surface area contributed by atoms with E-state index in [1.54, 1.807) is 6.08 Å². The minimum Gasteiger partial charge on any atom is -0.456 e. The molecule has 1 aliphatic heterocycles. The average Bonchev–Trinajstić information content (AvgIpc) is 3.38. The first kappa shape index (κ1) is 19.3. The summed E-state index contributed by atoms with van der Waals surface area (Å²) < 4.78 is 6.43. The molecule has 0 amide bonds. The first-order valence-electron chi connectivity index (χ1n) is 10.2. The Balaban J connectivity index is 1.70. The summed E-state index contributed by atoms with van der Waals surface area (Å²) in [6.45, 7) is 0. The summed E-state index contributed by atoms with van der Waals surface area (Å²) in [7, 11) is 0. The van der Waals surface area contributed by atoms with Gasteiger partial charge in [0.05, 0.1) is 4.88 Å². The third kappa shape index (κ3) is 3.88. The van der Waals surface area contributed by atoms with Crippen molar-refractivity contribution in [3.8, 4) is 5.75 Å². The second-order valence-electron chi connectivity index (χ2n) is 7.31. The predicted octanol–water partition coefficient (Wildman–Crippen LogP) is 7.12. The molecule has 0 bridgehead atoms. The molecule has 0 spiro atoms. The van der Waals surface area contributed by atoms with Gasteiger partial charge in [0, 0.05) is 22.6 Å². The lowest BCUT2D eigenvalue weighted by molar-refractivity contribution is 0.105. The van der Waals surface area contributed by atoms with Gasteiger partial charge in [0.2, 0.25) is 0 Å². The van der Waals surface area contributed by atoms with Gasteiger partial charge < -0.3 is 4.74 Å². The van der Waals surface area contributed by atoms with Crippen LogP contribution in [0.1, 0.15) is 32.3 Å². The third-order valence-electron chi connectivity index (χ3n) is 5.36. The minimum absolute atomic E-state index is 0.000539. The van der Waals surface area contributed by atoms with E-state index in [0.717, 1.165) is 38.6 Å². The molecule has 0 N–H and O–H groups in total. The summed E-state index contributed by atoms with van der Waals surface area (Å²) in [6.07, 6.45) is 3.59. The lowest BCUT2D eigenvalue weighted by atomic mass is 9.81. The van der Waals surface area contributed by atoms with Gasteiger partial charge in [-0.05, 0) is 29.2 Å². The molecule has 0 saturated carbocycles. The van der Waals surface area contributed by atoms with Crippen LogP contribution in [0, 0.1) is 0 Å². The van der Waals surface area contributed by atoms with E-state index in [0.29, 0.717) is 0 Å². The summed E-state index contributed by atoms with van der Waals surface area (Å²) in [5.41, 5.74) is 4.22. The largest absolute Gasteiger partial charge is 0.456 e. The number of hydrogen-bond acceptors (Lipinski definition) is 3. The lowest BCUT2D eigenvalue weighted by Gasteiger charge is -2.30. The van der Waals surface area contributed by atoms with Crippen LogP contribution in [0.4, 0.5) is 0 Å². The first-order valence-corrected chi connectivity index (χ1v) is 11.1. The third-order valence-corrected chi connectivity index (χ3v) is 6.25. The highest BCUT2D eigenvalue weighted by Crippen LogP contribution is 2.46. The summed E-state index contributed by atoms with van der Waals surface area (Å²) in [6, 6.07) is 32.3. The van der Waals surface area contributed by atoms with Gasteiger partial charge in [0.25, 0.3) is 0 Å². The van der Waals surface area contributed by atoms with Crippen molar-refractivity contribution in [2.45, 2.75) is 5.92 Å². The van der Waals surface area contributed by atoms with Crippen LogP contribution >= 0.6 is 11.3 Å². The number of hydrogen-bond donors (Lipinski definition) is 0. The number of benzene rings is 3. The van der Waals surface area contributed by atoms with Crippen molar-refractivity contribution >= 4 is 22.9 Å². The number of carbonyl (C=O) groups excluding carboxylic acids is 1. The molecule has 3 aromatic carbocycles. The second-order valence-corrected chi connectivity index (χ2v) is 8.26. The van der Waals surface area contributed by atoms with E-state index in [1.807, 2.05) is 90.3 Å². The summed E-state index contributed by atoms with van der Waals surface area (Å²) >= 11 is 1.45. The zero-order chi connectivity index (χ0) is 21.0.